The molecule has 6 nitrogen and oxygen atoms in total. The van der Waals surface area contributed by atoms with Crippen LogP contribution in [0.3, 0.4) is 0 Å². The lowest BCUT2D eigenvalue weighted by molar-refractivity contribution is -0.114. The molecule has 2 heterocycles. The Labute approximate surface area is 124 Å². The van der Waals surface area contributed by atoms with Crippen LogP contribution in [0.5, 0.6) is 0 Å². The summed E-state index contributed by atoms with van der Waals surface area (Å²) in [6.45, 7) is 0.105. The molecule has 2 aliphatic rings. The first-order valence-corrected chi connectivity index (χ1v) is 7.00. The minimum Gasteiger partial charge on any atom is -0.339 e. The van der Waals surface area contributed by atoms with Crippen molar-refractivity contribution in [3.8, 4) is 0 Å². The molecule has 1 fully saturated rings. The Morgan fingerprint density at radius 3 is 2.90 bits per heavy atom. The van der Waals surface area contributed by atoms with Crippen molar-refractivity contribution >= 4 is 29.0 Å². The van der Waals surface area contributed by atoms with E-state index in [-0.39, 0.29) is 17.1 Å². The second-order valence-electron chi connectivity index (χ2n) is 5.18. The van der Waals surface area contributed by atoms with Crippen molar-refractivity contribution in [2.24, 2.45) is 0 Å². The van der Waals surface area contributed by atoms with Crippen LogP contribution in [-0.4, -0.2) is 21.8 Å². The minimum atomic E-state index is -0.615. The van der Waals surface area contributed by atoms with Crippen LogP contribution < -0.4 is 4.90 Å². The maximum atomic E-state index is 12.1. The lowest BCUT2D eigenvalue weighted by Crippen LogP contribution is -2.29. The van der Waals surface area contributed by atoms with Gasteiger partial charge in [-0.05, 0) is 25.0 Å². The van der Waals surface area contributed by atoms with Gasteiger partial charge in [-0.2, -0.15) is 4.98 Å². The zero-order valence-electron chi connectivity index (χ0n) is 10.9. The van der Waals surface area contributed by atoms with Gasteiger partial charge in [-0.3, -0.25) is 14.5 Å². The Balaban J connectivity index is 1.67. The molecule has 7 heteroatoms. The van der Waals surface area contributed by atoms with Gasteiger partial charge >= 0.3 is 0 Å². The molecule has 1 aliphatic carbocycles. The Kier molecular flexibility index (Phi) is 2.62. The number of nitrogens with zero attached hydrogens (tertiary/aromatic N) is 3. The Bertz CT molecular complexity index is 767. The Morgan fingerprint density at radius 1 is 1.33 bits per heavy atom. The molecule has 2 aromatic rings. The summed E-state index contributed by atoms with van der Waals surface area (Å²) in [5.74, 6) is 0.140. The standard InChI is InChI=1S/C14H10ClN3O3/c15-8-2-1-3-9-11(8)12(19)14(20)18(9)6-10-16-13(21-17-10)7-4-5-7/h1-3,7H,4-6H2. The van der Waals surface area contributed by atoms with Gasteiger partial charge in [0.25, 0.3) is 11.7 Å². The van der Waals surface area contributed by atoms with Gasteiger partial charge in [-0.15, -0.1) is 0 Å². The number of hydrogen-bond donors (Lipinski definition) is 0. The van der Waals surface area contributed by atoms with Gasteiger partial charge in [-0.25, -0.2) is 0 Å². The summed E-state index contributed by atoms with van der Waals surface area (Å²) in [6, 6.07) is 4.98. The van der Waals surface area contributed by atoms with Gasteiger partial charge in [0.15, 0.2) is 5.82 Å². The molecule has 0 N–H and O–H groups in total. The third-order valence-electron chi connectivity index (χ3n) is 3.66. The molecule has 1 aromatic heterocycles. The second kappa shape index (κ2) is 4.39. The van der Waals surface area contributed by atoms with Crippen molar-refractivity contribution in [3.05, 3.63) is 40.5 Å². The van der Waals surface area contributed by atoms with Crippen molar-refractivity contribution in [2.45, 2.75) is 25.3 Å². The smallest absolute Gasteiger partial charge is 0.299 e. The predicted molar refractivity (Wildman–Crippen MR) is 73.2 cm³/mol. The second-order valence-corrected chi connectivity index (χ2v) is 5.58. The van der Waals surface area contributed by atoms with Crippen molar-refractivity contribution in [1.82, 2.24) is 10.1 Å². The van der Waals surface area contributed by atoms with Crippen LogP contribution in [0.15, 0.2) is 22.7 Å². The zero-order valence-corrected chi connectivity index (χ0v) is 11.6. The molecule has 21 heavy (non-hydrogen) atoms. The molecular formula is C14H10ClN3O3. The number of rotatable bonds is 3. The van der Waals surface area contributed by atoms with Crippen LogP contribution in [-0.2, 0) is 11.3 Å². The van der Waals surface area contributed by atoms with Crippen LogP contribution in [0.4, 0.5) is 5.69 Å². The number of ketones is 1. The van der Waals surface area contributed by atoms with Gasteiger partial charge in [0.05, 0.1) is 22.8 Å². The van der Waals surface area contributed by atoms with E-state index in [9.17, 15) is 9.59 Å². The summed E-state index contributed by atoms with van der Waals surface area (Å²) in [5.41, 5.74) is 0.741. The van der Waals surface area contributed by atoms with E-state index in [2.05, 4.69) is 10.1 Å². The number of halogens is 1. The van der Waals surface area contributed by atoms with Gasteiger partial charge in [0.2, 0.25) is 5.89 Å². The minimum absolute atomic E-state index is 0.105. The molecule has 1 saturated carbocycles. The average Bonchev–Trinajstić information content (AvgIpc) is 3.17. The Hall–Kier alpha value is -2.21. The third-order valence-corrected chi connectivity index (χ3v) is 3.97. The first kappa shape index (κ1) is 12.5. The fourth-order valence-electron chi connectivity index (χ4n) is 2.43. The maximum absolute atomic E-state index is 12.1. The SMILES string of the molecule is O=C1C(=O)N(Cc2noc(C3CC3)n2)c2cccc(Cl)c21. The average molecular weight is 304 g/mol. The van der Waals surface area contributed by atoms with Crippen LogP contribution in [0.25, 0.3) is 0 Å². The van der Waals surface area contributed by atoms with E-state index >= 15 is 0 Å². The number of amides is 1. The summed E-state index contributed by atoms with van der Waals surface area (Å²) in [4.78, 5) is 29.7. The highest BCUT2D eigenvalue weighted by molar-refractivity contribution is 6.55. The summed E-state index contributed by atoms with van der Waals surface area (Å²) >= 11 is 6.00. The van der Waals surface area contributed by atoms with Crippen molar-refractivity contribution in [2.75, 3.05) is 4.90 Å². The lowest BCUT2D eigenvalue weighted by atomic mass is 10.1. The number of carbonyl (C=O) groups is 2. The summed E-state index contributed by atoms with van der Waals surface area (Å²) in [5, 5.41) is 4.15. The summed E-state index contributed by atoms with van der Waals surface area (Å²) < 4.78 is 5.16. The molecule has 0 unspecified atom stereocenters. The summed E-state index contributed by atoms with van der Waals surface area (Å²) in [6.07, 6.45) is 2.11. The zero-order chi connectivity index (χ0) is 14.6. The van der Waals surface area contributed by atoms with E-state index in [1.165, 1.54) is 4.90 Å². The molecule has 1 amide bonds. The monoisotopic (exact) mass is 303 g/mol. The highest BCUT2D eigenvalue weighted by Gasteiger charge is 2.38. The quantitative estimate of drug-likeness (QED) is 0.813. The topological polar surface area (TPSA) is 76.3 Å². The van der Waals surface area contributed by atoms with Gasteiger partial charge in [0, 0.05) is 5.92 Å². The van der Waals surface area contributed by atoms with E-state index in [1.54, 1.807) is 18.2 Å². The summed E-state index contributed by atoms with van der Waals surface area (Å²) in [7, 11) is 0. The molecule has 0 radical (unpaired) electrons. The fourth-order valence-corrected chi connectivity index (χ4v) is 2.68. The van der Waals surface area contributed by atoms with E-state index in [1.807, 2.05) is 0 Å². The number of anilines is 1. The fraction of sp³-hybridized carbons (Fsp3) is 0.286. The molecule has 4 rings (SSSR count). The molecule has 0 atom stereocenters. The van der Waals surface area contributed by atoms with E-state index in [4.69, 9.17) is 16.1 Å². The molecule has 106 valence electrons. The number of aromatic nitrogens is 2. The number of hydrogen-bond acceptors (Lipinski definition) is 5. The van der Waals surface area contributed by atoms with Crippen molar-refractivity contribution in [1.29, 1.82) is 0 Å². The van der Waals surface area contributed by atoms with Crippen LogP contribution in [0.1, 0.15) is 40.8 Å². The van der Waals surface area contributed by atoms with Crippen molar-refractivity contribution in [3.63, 3.8) is 0 Å². The number of fused-ring (bicyclic) bond motifs is 1. The van der Waals surface area contributed by atoms with Crippen LogP contribution in [0, 0.1) is 0 Å². The highest BCUT2D eigenvalue weighted by atomic mass is 35.5. The van der Waals surface area contributed by atoms with Crippen molar-refractivity contribution < 1.29 is 14.1 Å². The van der Waals surface area contributed by atoms with Gasteiger partial charge < -0.3 is 4.52 Å². The van der Waals surface area contributed by atoms with E-state index in [0.717, 1.165) is 12.8 Å². The molecule has 1 aliphatic heterocycles. The predicted octanol–water partition coefficient (Wildman–Crippen LogP) is 2.33. The van der Waals surface area contributed by atoms with E-state index in [0.29, 0.717) is 23.3 Å². The largest absolute Gasteiger partial charge is 0.339 e. The molecule has 0 saturated heterocycles. The normalized spacial score (nSPS) is 17.5. The molecular weight excluding hydrogens is 294 g/mol. The molecule has 0 bridgehead atoms. The number of benzene rings is 1. The number of carbonyl (C=O) groups excluding carboxylic acids is 2. The maximum Gasteiger partial charge on any atom is 0.299 e. The first-order valence-electron chi connectivity index (χ1n) is 6.62. The van der Waals surface area contributed by atoms with Gasteiger partial charge in [-0.1, -0.05) is 22.8 Å². The third kappa shape index (κ3) is 1.94. The van der Waals surface area contributed by atoms with Crippen LogP contribution in [0.2, 0.25) is 5.02 Å². The number of Topliss-reactive ketones (excluding diaryl/α,β-unsaturated/α-hetero) is 1. The molecule has 1 aromatic carbocycles. The van der Waals surface area contributed by atoms with Crippen LogP contribution >= 0.6 is 11.6 Å². The highest BCUT2D eigenvalue weighted by Crippen LogP contribution is 2.39. The van der Waals surface area contributed by atoms with E-state index < -0.39 is 11.7 Å². The first-order chi connectivity index (χ1) is 10.1. The Morgan fingerprint density at radius 2 is 2.14 bits per heavy atom. The lowest BCUT2D eigenvalue weighted by Gasteiger charge is -2.13. The molecule has 0 spiro atoms. The van der Waals surface area contributed by atoms with Gasteiger partial charge in [0.1, 0.15) is 0 Å².